The average molecular weight is 370 g/mol. The van der Waals surface area contributed by atoms with Crippen LogP contribution in [-0.2, 0) is 23.7 Å². The minimum absolute atomic E-state index is 0.681. The molecule has 0 aliphatic carbocycles. The topological polar surface area (TPSA) is 196 Å². The van der Waals surface area contributed by atoms with E-state index in [-0.39, 0.29) is 0 Å². The molecule has 7 N–H and O–H groups in total. The first-order valence-corrected chi connectivity index (χ1v) is 7.46. The van der Waals surface area contributed by atoms with Crippen LogP contribution in [-0.4, -0.2) is 117 Å². The van der Waals surface area contributed by atoms with Gasteiger partial charge in [-0.1, -0.05) is 0 Å². The van der Waals surface area contributed by atoms with E-state index in [1.165, 1.54) is 0 Å². The van der Waals surface area contributed by atoms with Gasteiger partial charge in [0.2, 0.25) is 0 Å². The van der Waals surface area contributed by atoms with Gasteiger partial charge in [-0.25, -0.2) is 4.79 Å². The smallest absolute Gasteiger partial charge is 0.337 e. The molecular weight excluding hydrogens is 348 g/mol. The number of hydrogen-bond acceptors (Lipinski definition) is 12. The van der Waals surface area contributed by atoms with Crippen molar-refractivity contribution in [1.29, 1.82) is 0 Å². The lowest BCUT2D eigenvalue weighted by atomic mass is 9.97. The summed E-state index contributed by atoms with van der Waals surface area (Å²) in [4.78, 5) is 11.6. The molecule has 0 aromatic heterocycles. The Balaban J connectivity index is 2.13. The Morgan fingerprint density at radius 2 is 1.56 bits per heavy atom. The third-order valence-electron chi connectivity index (χ3n) is 4.14. The van der Waals surface area contributed by atoms with Crippen molar-refractivity contribution in [2.24, 2.45) is 0 Å². The molecule has 0 aromatic carbocycles. The molecule has 2 rings (SSSR count). The lowest BCUT2D eigenvalue weighted by molar-refractivity contribution is -0.358. The van der Waals surface area contributed by atoms with E-state index in [0.29, 0.717) is 0 Å². The fourth-order valence-electron chi connectivity index (χ4n) is 2.64. The van der Waals surface area contributed by atoms with Crippen LogP contribution < -0.4 is 0 Å². The van der Waals surface area contributed by atoms with Crippen LogP contribution in [0.15, 0.2) is 0 Å². The minimum atomic E-state index is -1.85. The van der Waals surface area contributed by atoms with E-state index < -0.39 is 74.0 Å². The fraction of sp³-hybridized carbons (Fsp3) is 0.923. The van der Waals surface area contributed by atoms with E-state index in [1.807, 2.05) is 0 Å². The van der Waals surface area contributed by atoms with Crippen LogP contribution in [0.3, 0.4) is 0 Å². The number of rotatable bonds is 4. The summed E-state index contributed by atoms with van der Waals surface area (Å²) in [5.74, 6) is -1.05. The van der Waals surface area contributed by atoms with Crippen LogP contribution in [0.5, 0.6) is 0 Å². The zero-order chi connectivity index (χ0) is 18.9. The van der Waals surface area contributed by atoms with Crippen LogP contribution in [0.4, 0.5) is 0 Å². The molecule has 2 fully saturated rings. The van der Waals surface area contributed by atoms with Gasteiger partial charge in [-0.05, 0) is 0 Å². The first-order valence-electron chi connectivity index (χ1n) is 7.46. The molecule has 2 saturated heterocycles. The maximum atomic E-state index is 11.6. The number of ether oxygens (including phenoxy) is 4. The van der Waals surface area contributed by atoms with Crippen molar-refractivity contribution in [3.05, 3.63) is 0 Å². The predicted octanol–water partition coefficient (Wildman–Crippen LogP) is -5.22. The summed E-state index contributed by atoms with van der Waals surface area (Å²) < 4.78 is 19.5. The predicted molar refractivity (Wildman–Crippen MR) is 73.5 cm³/mol. The van der Waals surface area contributed by atoms with Crippen molar-refractivity contribution in [2.45, 2.75) is 61.4 Å². The molecule has 0 aromatic rings. The van der Waals surface area contributed by atoms with E-state index in [1.54, 1.807) is 0 Å². The molecule has 10 atom stereocenters. The first kappa shape index (κ1) is 20.4. The zero-order valence-corrected chi connectivity index (χ0v) is 13.2. The first-order chi connectivity index (χ1) is 11.7. The van der Waals surface area contributed by atoms with E-state index in [4.69, 9.17) is 19.3 Å². The summed E-state index contributed by atoms with van der Waals surface area (Å²) in [7, 11) is 1.01. The number of aliphatic hydroxyl groups is 7. The van der Waals surface area contributed by atoms with Gasteiger partial charge in [0.25, 0.3) is 0 Å². The molecule has 0 radical (unpaired) electrons. The van der Waals surface area contributed by atoms with Crippen molar-refractivity contribution in [3.63, 3.8) is 0 Å². The largest absolute Gasteiger partial charge is 0.467 e. The molecular formula is C13H22O12. The van der Waals surface area contributed by atoms with E-state index in [9.17, 15) is 35.4 Å². The van der Waals surface area contributed by atoms with Crippen LogP contribution in [0.25, 0.3) is 0 Å². The Labute approximate surface area is 141 Å². The Hall–Kier alpha value is -0.930. The summed E-state index contributed by atoms with van der Waals surface area (Å²) in [5, 5.41) is 68.2. The molecule has 0 amide bonds. The average Bonchev–Trinajstić information content (AvgIpc) is 2.60. The monoisotopic (exact) mass is 370 g/mol. The normalized spacial score (nSPS) is 48.2. The molecule has 0 spiro atoms. The van der Waals surface area contributed by atoms with Crippen molar-refractivity contribution < 1.29 is 59.5 Å². The van der Waals surface area contributed by atoms with Gasteiger partial charge in [0.1, 0.15) is 42.7 Å². The zero-order valence-electron chi connectivity index (χ0n) is 13.2. The molecule has 0 bridgehead atoms. The molecule has 12 heteroatoms. The summed E-state index contributed by atoms with van der Waals surface area (Å²) in [6.45, 7) is -0.681. The maximum Gasteiger partial charge on any atom is 0.337 e. The second kappa shape index (κ2) is 8.18. The maximum absolute atomic E-state index is 11.6. The van der Waals surface area contributed by atoms with E-state index >= 15 is 0 Å². The van der Waals surface area contributed by atoms with Gasteiger partial charge in [0, 0.05) is 0 Å². The quantitative estimate of drug-likeness (QED) is 0.233. The van der Waals surface area contributed by atoms with Gasteiger partial charge in [0.05, 0.1) is 13.7 Å². The van der Waals surface area contributed by atoms with Crippen LogP contribution in [0.1, 0.15) is 0 Å². The summed E-state index contributed by atoms with van der Waals surface area (Å²) in [6, 6.07) is 0. The highest BCUT2D eigenvalue weighted by molar-refractivity contribution is 5.75. The molecule has 0 unspecified atom stereocenters. The van der Waals surface area contributed by atoms with Gasteiger partial charge in [-0.3, -0.25) is 0 Å². The van der Waals surface area contributed by atoms with Crippen LogP contribution in [0, 0.1) is 0 Å². The number of carbonyl (C=O) groups excluding carboxylic acids is 1. The Morgan fingerprint density at radius 3 is 2.12 bits per heavy atom. The molecule has 146 valence electrons. The Morgan fingerprint density at radius 1 is 0.920 bits per heavy atom. The number of methoxy groups -OCH3 is 1. The molecule has 2 aliphatic heterocycles. The number of aliphatic hydroxyl groups excluding tert-OH is 7. The molecule has 12 nitrogen and oxygen atoms in total. The second-order valence-electron chi connectivity index (χ2n) is 5.75. The lowest BCUT2D eigenvalue weighted by Gasteiger charge is -2.44. The molecule has 2 aliphatic rings. The Kier molecular flexibility index (Phi) is 6.67. The van der Waals surface area contributed by atoms with Gasteiger partial charge >= 0.3 is 5.97 Å². The van der Waals surface area contributed by atoms with Gasteiger partial charge < -0.3 is 54.7 Å². The third-order valence-corrected chi connectivity index (χ3v) is 4.14. The minimum Gasteiger partial charge on any atom is -0.467 e. The van der Waals surface area contributed by atoms with Gasteiger partial charge in [-0.15, -0.1) is 0 Å². The Bertz CT molecular complexity index is 460. The standard InChI is InChI=1S/C13H22O12/c1-22-11(20)9-7(18)5(16)8(19)13(24-9)25-10-6(17)4(15)3(2-14)23-12(10)21/h3-10,12-19,21H,2H2,1H3/t3-,4-,5+,6+,7+,8-,9+,10-,12+,13+/m1/s1. The SMILES string of the molecule is COC(=O)[C@H]1O[C@@H](O[C@@H]2[C@@H](O)[C@H](O)[C@@H](CO)O[C@@H]2O)[C@H](O)[C@@H](O)[C@@H]1O. The number of esters is 1. The molecule has 0 saturated carbocycles. The summed E-state index contributed by atoms with van der Waals surface area (Å²) in [6.07, 6.45) is -17.0. The number of hydrogen-bond donors (Lipinski definition) is 7. The second-order valence-corrected chi connectivity index (χ2v) is 5.75. The van der Waals surface area contributed by atoms with Gasteiger partial charge in [0.15, 0.2) is 18.7 Å². The van der Waals surface area contributed by atoms with Crippen LogP contribution >= 0.6 is 0 Å². The highest BCUT2D eigenvalue weighted by Crippen LogP contribution is 2.28. The van der Waals surface area contributed by atoms with Crippen molar-refractivity contribution in [2.75, 3.05) is 13.7 Å². The highest BCUT2D eigenvalue weighted by atomic mass is 16.7. The van der Waals surface area contributed by atoms with Crippen molar-refractivity contribution >= 4 is 5.97 Å². The highest BCUT2D eigenvalue weighted by Gasteiger charge is 2.51. The summed E-state index contributed by atoms with van der Waals surface area (Å²) in [5.41, 5.74) is 0. The summed E-state index contributed by atoms with van der Waals surface area (Å²) >= 11 is 0. The fourth-order valence-corrected chi connectivity index (χ4v) is 2.64. The van der Waals surface area contributed by atoms with E-state index in [0.717, 1.165) is 7.11 Å². The van der Waals surface area contributed by atoms with Crippen molar-refractivity contribution in [3.8, 4) is 0 Å². The van der Waals surface area contributed by atoms with Gasteiger partial charge in [-0.2, -0.15) is 0 Å². The van der Waals surface area contributed by atoms with Crippen LogP contribution in [0.2, 0.25) is 0 Å². The molecule has 25 heavy (non-hydrogen) atoms. The lowest BCUT2D eigenvalue weighted by Crippen LogP contribution is -2.64. The number of carbonyl (C=O) groups is 1. The molecule has 2 heterocycles. The van der Waals surface area contributed by atoms with E-state index in [2.05, 4.69) is 4.74 Å². The third kappa shape index (κ3) is 3.93. The van der Waals surface area contributed by atoms with Crippen molar-refractivity contribution in [1.82, 2.24) is 0 Å².